The number of hydrogen-bond acceptors (Lipinski definition) is 3. The van der Waals surface area contributed by atoms with Gasteiger partial charge in [0.1, 0.15) is 6.04 Å². The van der Waals surface area contributed by atoms with Gasteiger partial charge in [-0.2, -0.15) is 5.10 Å². The van der Waals surface area contributed by atoms with Gasteiger partial charge in [0.2, 0.25) is 5.91 Å². The van der Waals surface area contributed by atoms with Gasteiger partial charge in [0.25, 0.3) is 5.91 Å². The van der Waals surface area contributed by atoms with E-state index in [1.165, 1.54) is 5.56 Å². The van der Waals surface area contributed by atoms with Gasteiger partial charge in [-0.1, -0.05) is 19.1 Å². The maximum Gasteiger partial charge on any atom is 0.251 e. The lowest BCUT2D eigenvalue weighted by atomic mass is 10.1. The molecule has 0 radical (unpaired) electrons. The second-order valence-electron chi connectivity index (χ2n) is 5.73. The topological polar surface area (TPSA) is 67.2 Å². The number of aromatic nitrogens is 2. The van der Waals surface area contributed by atoms with Crippen molar-refractivity contribution in [2.75, 3.05) is 11.4 Å². The highest BCUT2D eigenvalue weighted by Crippen LogP contribution is 2.21. The van der Waals surface area contributed by atoms with E-state index in [4.69, 9.17) is 0 Å². The summed E-state index contributed by atoms with van der Waals surface area (Å²) < 4.78 is 1.66. The number of rotatable bonds is 4. The maximum absolute atomic E-state index is 12.5. The molecule has 1 aliphatic rings. The zero-order valence-corrected chi connectivity index (χ0v) is 13.3. The van der Waals surface area contributed by atoms with Crippen LogP contribution >= 0.6 is 0 Å². The van der Waals surface area contributed by atoms with Gasteiger partial charge in [-0.15, -0.1) is 0 Å². The van der Waals surface area contributed by atoms with Gasteiger partial charge >= 0.3 is 0 Å². The Bertz CT molecular complexity index is 720. The molecule has 0 unspecified atom stereocenters. The largest absolute Gasteiger partial charge is 0.340 e. The minimum Gasteiger partial charge on any atom is -0.340 e. The summed E-state index contributed by atoms with van der Waals surface area (Å²) in [6.45, 7) is 2.66. The Morgan fingerprint density at radius 1 is 1.35 bits per heavy atom. The average molecular weight is 312 g/mol. The molecule has 0 aliphatic carbocycles. The predicted octanol–water partition coefficient (Wildman–Crippen LogP) is 1.52. The molecular weight excluding hydrogens is 292 g/mol. The van der Waals surface area contributed by atoms with Crippen LogP contribution in [0.2, 0.25) is 0 Å². The number of nitrogens with zero attached hydrogens (tertiary/aromatic N) is 3. The van der Waals surface area contributed by atoms with Crippen molar-refractivity contribution in [2.45, 2.75) is 25.8 Å². The predicted molar refractivity (Wildman–Crippen MR) is 87.3 cm³/mol. The number of aryl methyl sites for hydroxylation is 2. The van der Waals surface area contributed by atoms with Gasteiger partial charge in [0, 0.05) is 25.4 Å². The molecule has 3 rings (SSSR count). The third-order valence-corrected chi connectivity index (χ3v) is 4.14. The summed E-state index contributed by atoms with van der Waals surface area (Å²) >= 11 is 0. The Kier molecular flexibility index (Phi) is 4.14. The number of hydrogen-bond donors (Lipinski definition) is 1. The van der Waals surface area contributed by atoms with Gasteiger partial charge in [-0.25, -0.2) is 0 Å². The molecule has 2 aromatic rings. The van der Waals surface area contributed by atoms with Gasteiger partial charge in [-0.05, 0) is 30.5 Å². The number of carbonyl (C=O) groups excluding carboxylic acids is 2. The van der Waals surface area contributed by atoms with Crippen LogP contribution in [0.5, 0.6) is 0 Å². The fraction of sp³-hybridized carbons (Fsp3) is 0.353. The minimum absolute atomic E-state index is 0.0865. The Morgan fingerprint density at radius 3 is 2.70 bits per heavy atom. The fourth-order valence-corrected chi connectivity index (χ4v) is 2.75. The Labute approximate surface area is 135 Å². The highest BCUT2D eigenvalue weighted by Gasteiger charge is 2.34. The molecule has 1 aromatic heterocycles. The van der Waals surface area contributed by atoms with Gasteiger partial charge < -0.3 is 10.2 Å². The van der Waals surface area contributed by atoms with Crippen LogP contribution in [0.25, 0.3) is 0 Å². The number of nitrogens with one attached hydrogen (secondary N) is 1. The smallest absolute Gasteiger partial charge is 0.251 e. The molecule has 0 saturated carbocycles. The lowest BCUT2D eigenvalue weighted by molar-refractivity contribution is -0.118. The van der Waals surface area contributed by atoms with E-state index in [1.807, 2.05) is 19.2 Å². The first kappa shape index (κ1) is 15.3. The van der Waals surface area contributed by atoms with E-state index in [9.17, 15) is 9.59 Å². The maximum atomic E-state index is 12.5. The average Bonchev–Trinajstić information content (AvgIpc) is 3.14. The number of benzene rings is 1. The quantitative estimate of drug-likeness (QED) is 0.931. The van der Waals surface area contributed by atoms with Crippen molar-refractivity contribution < 1.29 is 9.59 Å². The van der Waals surface area contributed by atoms with Crippen molar-refractivity contribution in [3.05, 3.63) is 47.8 Å². The molecular formula is C17H20N4O2. The third-order valence-electron chi connectivity index (χ3n) is 4.14. The van der Waals surface area contributed by atoms with E-state index in [2.05, 4.69) is 17.3 Å². The van der Waals surface area contributed by atoms with E-state index in [0.717, 1.165) is 12.1 Å². The SMILES string of the molecule is CCc1ccc(C(=O)N[C@H]2CCN(c3cnn(C)c3)C2=O)cc1. The first-order valence-electron chi connectivity index (χ1n) is 7.78. The van der Waals surface area contributed by atoms with E-state index in [0.29, 0.717) is 18.5 Å². The Hall–Kier alpha value is -2.63. The van der Waals surface area contributed by atoms with Crippen molar-refractivity contribution in [2.24, 2.45) is 7.05 Å². The first-order chi connectivity index (χ1) is 11.1. The first-order valence-corrected chi connectivity index (χ1v) is 7.78. The molecule has 6 heteroatoms. The van der Waals surface area contributed by atoms with Crippen LogP contribution in [0.4, 0.5) is 5.69 Å². The van der Waals surface area contributed by atoms with E-state index in [1.54, 1.807) is 34.1 Å². The van der Waals surface area contributed by atoms with E-state index in [-0.39, 0.29) is 11.8 Å². The molecule has 1 saturated heterocycles. The van der Waals surface area contributed by atoms with Crippen molar-refractivity contribution in [1.29, 1.82) is 0 Å². The van der Waals surface area contributed by atoms with E-state index < -0.39 is 6.04 Å². The normalized spacial score (nSPS) is 17.6. The summed E-state index contributed by atoms with van der Waals surface area (Å²) in [7, 11) is 1.81. The van der Waals surface area contributed by atoms with Crippen LogP contribution in [0.3, 0.4) is 0 Å². The second-order valence-corrected chi connectivity index (χ2v) is 5.73. The van der Waals surface area contributed by atoms with Crippen LogP contribution in [0.1, 0.15) is 29.3 Å². The molecule has 1 fully saturated rings. The summed E-state index contributed by atoms with van der Waals surface area (Å²) in [5.41, 5.74) is 2.53. The molecule has 1 atom stereocenters. The third kappa shape index (κ3) is 3.11. The van der Waals surface area contributed by atoms with Crippen molar-refractivity contribution >= 4 is 17.5 Å². The molecule has 2 heterocycles. The van der Waals surface area contributed by atoms with Gasteiger partial charge in [0.15, 0.2) is 0 Å². The number of anilines is 1. The lowest BCUT2D eigenvalue weighted by Gasteiger charge is -2.15. The second kappa shape index (κ2) is 6.24. The summed E-state index contributed by atoms with van der Waals surface area (Å²) in [6, 6.07) is 6.99. The minimum atomic E-state index is -0.478. The lowest BCUT2D eigenvalue weighted by Crippen LogP contribution is -2.41. The summed E-state index contributed by atoms with van der Waals surface area (Å²) in [6.07, 6.45) is 4.99. The number of amides is 2. The molecule has 1 aliphatic heterocycles. The van der Waals surface area contributed by atoms with Crippen LogP contribution in [-0.4, -0.2) is 34.2 Å². The molecule has 2 amide bonds. The molecule has 0 spiro atoms. The van der Waals surface area contributed by atoms with Crippen molar-refractivity contribution in [1.82, 2.24) is 15.1 Å². The fourth-order valence-electron chi connectivity index (χ4n) is 2.75. The van der Waals surface area contributed by atoms with Crippen LogP contribution in [0.15, 0.2) is 36.7 Å². The van der Waals surface area contributed by atoms with Crippen molar-refractivity contribution in [3.63, 3.8) is 0 Å². The molecule has 1 N–H and O–H groups in total. The monoisotopic (exact) mass is 312 g/mol. The van der Waals surface area contributed by atoms with Crippen LogP contribution in [-0.2, 0) is 18.3 Å². The summed E-state index contributed by atoms with van der Waals surface area (Å²) in [5, 5.41) is 6.91. The molecule has 0 bridgehead atoms. The highest BCUT2D eigenvalue weighted by molar-refractivity contribution is 6.03. The zero-order chi connectivity index (χ0) is 16.4. The Balaban J connectivity index is 1.66. The molecule has 1 aromatic carbocycles. The van der Waals surface area contributed by atoms with Gasteiger partial charge in [-0.3, -0.25) is 14.3 Å². The molecule has 120 valence electrons. The highest BCUT2D eigenvalue weighted by atomic mass is 16.2. The van der Waals surface area contributed by atoms with E-state index >= 15 is 0 Å². The zero-order valence-electron chi connectivity index (χ0n) is 13.3. The summed E-state index contributed by atoms with van der Waals surface area (Å²) in [4.78, 5) is 26.4. The van der Waals surface area contributed by atoms with Gasteiger partial charge in [0.05, 0.1) is 11.9 Å². The van der Waals surface area contributed by atoms with Crippen molar-refractivity contribution in [3.8, 4) is 0 Å². The van der Waals surface area contributed by atoms with Crippen LogP contribution < -0.4 is 10.2 Å². The number of carbonyl (C=O) groups is 2. The molecule has 23 heavy (non-hydrogen) atoms. The standard InChI is InChI=1S/C17H20N4O2/c1-3-12-4-6-13(7-5-12)16(22)19-15-8-9-21(17(15)23)14-10-18-20(2)11-14/h4-7,10-11,15H,3,8-9H2,1-2H3,(H,19,22)/t15-/m0/s1. The molecule has 6 nitrogen and oxygen atoms in total. The Morgan fingerprint density at radius 2 is 2.09 bits per heavy atom. The van der Waals surface area contributed by atoms with Crippen LogP contribution in [0, 0.1) is 0 Å². The summed E-state index contributed by atoms with van der Waals surface area (Å²) in [5.74, 6) is -0.296.